The zero-order chi connectivity index (χ0) is 17.8. The second-order valence-electron chi connectivity index (χ2n) is 3.66. The number of phosphoric ester groups is 1. The van der Waals surface area contributed by atoms with Crippen LogP contribution in [0.3, 0.4) is 0 Å². The van der Waals surface area contributed by atoms with Gasteiger partial charge in [0.1, 0.15) is 0 Å². The Kier molecular flexibility index (Phi) is 6.81. The highest BCUT2D eigenvalue weighted by molar-refractivity contribution is 7.61. The van der Waals surface area contributed by atoms with Crippen molar-refractivity contribution in [2.24, 2.45) is 0 Å². The van der Waals surface area contributed by atoms with Crippen LogP contribution in [-0.2, 0) is 37.2 Å². The van der Waals surface area contributed by atoms with Gasteiger partial charge in [-0.1, -0.05) is 0 Å². The Morgan fingerprint density at radius 3 is 1.82 bits per heavy atom. The summed E-state index contributed by atoms with van der Waals surface area (Å²) >= 11 is 0. The fraction of sp³-hybridized carbons (Fsp3) is 0.500. The average Bonchev–Trinajstić information content (AvgIpc) is 2.23. The van der Waals surface area contributed by atoms with Crippen LogP contribution in [0, 0.1) is 0 Å². The molecule has 0 saturated heterocycles. The molecule has 0 aliphatic carbocycles. The molecule has 0 spiro atoms. The first-order valence-corrected chi connectivity index (χ1v) is 7.85. The summed E-state index contributed by atoms with van der Waals surface area (Å²) < 4.78 is 28.2. The number of carboxylic acid groups (broad SMARTS) is 1. The Morgan fingerprint density at radius 1 is 1.00 bits per heavy atom. The number of carbonyl (C=O) groups is 3. The van der Waals surface area contributed by atoms with Crippen molar-refractivity contribution < 1.29 is 67.4 Å². The van der Waals surface area contributed by atoms with E-state index >= 15 is 0 Å². The van der Waals surface area contributed by atoms with Gasteiger partial charge in [-0.05, 0) is 0 Å². The van der Waals surface area contributed by atoms with E-state index in [-0.39, 0.29) is 0 Å². The standard InChI is InChI=1S/C6H10O14P2/c7-3(18-12)1-6(11,5(9)10)2-4(8)19-22(16,17)20-21(13,14)15/h11-12H,1-2H2,(H,9,10)(H,16,17)(H2,13,14,15). The maximum atomic E-state index is 11.2. The second kappa shape index (κ2) is 7.26. The van der Waals surface area contributed by atoms with Gasteiger partial charge in [0.05, 0.1) is 12.8 Å². The smallest absolute Gasteiger partial charge is 0.479 e. The minimum absolute atomic E-state index is 1.44. The number of carbonyl (C=O) groups excluding carboxylic acids is 2. The Balaban J connectivity index is 5.00. The highest BCUT2D eigenvalue weighted by Gasteiger charge is 2.44. The molecule has 0 aliphatic heterocycles. The third-order valence-electron chi connectivity index (χ3n) is 1.80. The molecule has 22 heavy (non-hydrogen) atoms. The van der Waals surface area contributed by atoms with Gasteiger partial charge in [-0.2, -0.15) is 9.57 Å². The van der Waals surface area contributed by atoms with E-state index in [9.17, 15) is 28.6 Å². The topological polar surface area (TPSA) is 234 Å². The summed E-state index contributed by atoms with van der Waals surface area (Å²) in [6.45, 7) is 0. The molecule has 128 valence electrons. The van der Waals surface area contributed by atoms with Gasteiger partial charge in [-0.3, -0.25) is 9.69 Å². The van der Waals surface area contributed by atoms with E-state index in [1.165, 1.54) is 0 Å². The molecule has 0 aromatic rings. The van der Waals surface area contributed by atoms with Crippen LogP contribution in [0.1, 0.15) is 12.8 Å². The summed E-state index contributed by atoms with van der Waals surface area (Å²) in [4.78, 5) is 61.1. The molecule has 0 bridgehead atoms. The van der Waals surface area contributed by atoms with Crippen LogP contribution in [0.15, 0.2) is 0 Å². The molecule has 0 aliphatic rings. The lowest BCUT2D eigenvalue weighted by Crippen LogP contribution is -2.43. The van der Waals surface area contributed by atoms with Crippen molar-refractivity contribution in [1.29, 1.82) is 0 Å². The maximum Gasteiger partial charge on any atom is 0.538 e. The molecule has 16 heteroatoms. The van der Waals surface area contributed by atoms with Crippen molar-refractivity contribution in [3.05, 3.63) is 0 Å². The Bertz CT molecular complexity index is 548. The van der Waals surface area contributed by atoms with Gasteiger partial charge in [0.25, 0.3) is 0 Å². The zero-order valence-corrected chi connectivity index (χ0v) is 12.0. The molecule has 0 rings (SSSR count). The SMILES string of the molecule is O=C(CC(O)(CC(=O)OP(=O)(O)OP(=O)(O)O)C(=O)O)OO. The van der Waals surface area contributed by atoms with Crippen LogP contribution < -0.4 is 0 Å². The Hall–Kier alpha value is -1.37. The first-order valence-electron chi connectivity index (χ1n) is 4.83. The fourth-order valence-electron chi connectivity index (χ4n) is 1.04. The third-order valence-corrected chi connectivity index (χ3v) is 3.91. The normalized spacial score (nSPS) is 17.0. The van der Waals surface area contributed by atoms with E-state index < -0.39 is 52.0 Å². The average molecular weight is 368 g/mol. The third kappa shape index (κ3) is 7.59. The largest absolute Gasteiger partial charge is 0.538 e. The number of phosphoric acid groups is 2. The molecule has 0 aromatic carbocycles. The predicted octanol–water partition coefficient (Wildman–Crippen LogP) is -1.65. The predicted molar refractivity (Wildman–Crippen MR) is 59.6 cm³/mol. The molecule has 0 heterocycles. The van der Waals surface area contributed by atoms with Crippen molar-refractivity contribution in [2.75, 3.05) is 0 Å². The molecule has 0 aromatic heterocycles. The van der Waals surface area contributed by atoms with Crippen LogP contribution in [0.5, 0.6) is 0 Å². The number of carboxylic acids is 1. The van der Waals surface area contributed by atoms with Crippen molar-refractivity contribution in [1.82, 2.24) is 0 Å². The van der Waals surface area contributed by atoms with Crippen molar-refractivity contribution in [2.45, 2.75) is 18.4 Å². The molecule has 0 saturated carbocycles. The summed E-state index contributed by atoms with van der Waals surface area (Å²) in [7, 11) is -11.1. The summed E-state index contributed by atoms with van der Waals surface area (Å²) in [5.74, 6) is -5.76. The highest BCUT2D eigenvalue weighted by atomic mass is 31.3. The van der Waals surface area contributed by atoms with Crippen molar-refractivity contribution in [3.8, 4) is 0 Å². The number of rotatable bonds is 8. The van der Waals surface area contributed by atoms with E-state index in [2.05, 4.69) is 13.7 Å². The monoisotopic (exact) mass is 368 g/mol. The first-order chi connectivity index (χ1) is 9.71. The number of hydrogen-bond acceptors (Lipinski definition) is 10. The van der Waals surface area contributed by atoms with Gasteiger partial charge in [0, 0.05) is 0 Å². The molecule has 2 atom stereocenters. The summed E-state index contributed by atoms with van der Waals surface area (Å²) in [6.07, 6.45) is -3.05. The van der Waals surface area contributed by atoms with Crippen molar-refractivity contribution >= 4 is 33.6 Å². The van der Waals surface area contributed by atoms with E-state index in [1.807, 2.05) is 0 Å². The van der Waals surface area contributed by atoms with E-state index in [4.69, 9.17) is 25.0 Å². The number of aliphatic hydroxyl groups is 1. The first kappa shape index (κ1) is 20.6. The van der Waals surface area contributed by atoms with E-state index in [1.54, 1.807) is 0 Å². The molecule has 0 radical (unpaired) electrons. The van der Waals surface area contributed by atoms with Crippen LogP contribution in [0.25, 0.3) is 0 Å². The molecule has 14 nitrogen and oxygen atoms in total. The minimum Gasteiger partial charge on any atom is -0.479 e. The summed E-state index contributed by atoms with van der Waals surface area (Å²) in [5.41, 5.74) is -3.18. The van der Waals surface area contributed by atoms with Gasteiger partial charge < -0.3 is 29.4 Å². The van der Waals surface area contributed by atoms with Crippen LogP contribution in [0.2, 0.25) is 0 Å². The number of hydrogen-bond donors (Lipinski definition) is 6. The molecular weight excluding hydrogens is 358 g/mol. The van der Waals surface area contributed by atoms with Gasteiger partial charge in [-0.15, -0.1) is 0 Å². The van der Waals surface area contributed by atoms with E-state index in [0.29, 0.717) is 0 Å². The quantitative estimate of drug-likeness (QED) is 0.160. The molecule has 2 unspecified atom stereocenters. The molecule has 0 amide bonds. The Labute approximate surface area is 120 Å². The highest BCUT2D eigenvalue weighted by Crippen LogP contribution is 2.57. The van der Waals surface area contributed by atoms with Gasteiger partial charge >= 0.3 is 33.6 Å². The van der Waals surface area contributed by atoms with Crippen LogP contribution in [-0.4, -0.2) is 53.7 Å². The zero-order valence-electron chi connectivity index (χ0n) is 10.3. The lowest BCUT2D eigenvalue weighted by molar-refractivity contribution is -0.238. The summed E-state index contributed by atoms with van der Waals surface area (Å²) in [5, 5.41) is 26.2. The van der Waals surface area contributed by atoms with Crippen molar-refractivity contribution in [3.63, 3.8) is 0 Å². The molecular formula is C6H10O14P2. The Morgan fingerprint density at radius 2 is 1.45 bits per heavy atom. The molecule has 6 N–H and O–H groups in total. The second-order valence-corrected chi connectivity index (χ2v) is 6.41. The maximum absolute atomic E-state index is 11.2. The fourth-order valence-corrected chi connectivity index (χ4v) is 2.57. The van der Waals surface area contributed by atoms with Gasteiger partial charge in [0.2, 0.25) is 0 Å². The van der Waals surface area contributed by atoms with Gasteiger partial charge in [0.15, 0.2) is 5.60 Å². The minimum atomic E-state index is -5.61. The van der Waals surface area contributed by atoms with Crippen LogP contribution in [0.4, 0.5) is 0 Å². The lowest BCUT2D eigenvalue weighted by atomic mass is 9.96. The molecule has 0 fully saturated rings. The number of aliphatic carboxylic acids is 1. The van der Waals surface area contributed by atoms with Crippen LogP contribution >= 0.6 is 15.6 Å². The van der Waals surface area contributed by atoms with E-state index in [0.717, 1.165) is 0 Å². The lowest BCUT2D eigenvalue weighted by Gasteiger charge is -2.21. The van der Waals surface area contributed by atoms with Gasteiger partial charge in [-0.25, -0.2) is 18.7 Å². The summed E-state index contributed by atoms with van der Waals surface area (Å²) in [6, 6.07) is 0.